The normalized spacial score (nSPS) is 16.1. The van der Waals surface area contributed by atoms with Crippen molar-refractivity contribution in [2.45, 2.75) is 19.3 Å². The van der Waals surface area contributed by atoms with Crippen LogP contribution in [-0.2, 0) is 4.79 Å². The van der Waals surface area contributed by atoms with Crippen LogP contribution >= 0.6 is 11.6 Å². The van der Waals surface area contributed by atoms with Crippen molar-refractivity contribution in [1.29, 1.82) is 0 Å². The van der Waals surface area contributed by atoms with Gasteiger partial charge in [-0.3, -0.25) is 9.69 Å². The predicted molar refractivity (Wildman–Crippen MR) is 49.7 cm³/mol. The Morgan fingerprint density at radius 3 is 2.85 bits per heavy atom. The Morgan fingerprint density at radius 1 is 1.54 bits per heavy atom. The summed E-state index contributed by atoms with van der Waals surface area (Å²) in [5.74, 6) is 0.472. The molecule has 0 aromatic rings. The zero-order valence-electron chi connectivity index (χ0n) is 7.38. The van der Waals surface area contributed by atoms with Gasteiger partial charge in [-0.25, -0.2) is 4.79 Å². The lowest BCUT2D eigenvalue weighted by Gasteiger charge is -2.11. The summed E-state index contributed by atoms with van der Waals surface area (Å²) in [4.78, 5) is 23.6. The van der Waals surface area contributed by atoms with Gasteiger partial charge in [-0.05, 0) is 12.8 Å². The lowest BCUT2D eigenvalue weighted by atomic mass is 10.2. The highest BCUT2D eigenvalue weighted by atomic mass is 35.5. The summed E-state index contributed by atoms with van der Waals surface area (Å²) in [5.41, 5.74) is 0. The van der Waals surface area contributed by atoms with Crippen LogP contribution in [0.25, 0.3) is 0 Å². The molecule has 1 fully saturated rings. The predicted octanol–water partition coefficient (Wildman–Crippen LogP) is 0.947. The van der Waals surface area contributed by atoms with E-state index in [1.165, 1.54) is 4.90 Å². The maximum Gasteiger partial charge on any atom is 0.324 e. The van der Waals surface area contributed by atoms with Gasteiger partial charge < -0.3 is 5.32 Å². The van der Waals surface area contributed by atoms with Crippen molar-refractivity contribution in [3.05, 3.63) is 0 Å². The number of urea groups is 1. The topological polar surface area (TPSA) is 49.4 Å². The lowest BCUT2D eigenvalue weighted by molar-refractivity contribution is -0.127. The summed E-state index contributed by atoms with van der Waals surface area (Å²) in [6.45, 7) is 1.07. The van der Waals surface area contributed by atoms with Crippen molar-refractivity contribution in [3.8, 4) is 0 Å². The highest BCUT2D eigenvalue weighted by Crippen LogP contribution is 2.04. The fourth-order valence-corrected chi connectivity index (χ4v) is 1.40. The first-order chi connectivity index (χ1) is 6.25. The molecule has 1 aliphatic heterocycles. The molecule has 0 spiro atoms. The first kappa shape index (κ1) is 10.3. The second-order valence-corrected chi connectivity index (χ2v) is 3.30. The van der Waals surface area contributed by atoms with E-state index in [0.29, 0.717) is 25.4 Å². The van der Waals surface area contributed by atoms with Crippen molar-refractivity contribution in [3.63, 3.8) is 0 Å². The Bertz CT molecular complexity index is 208. The number of amides is 3. The van der Waals surface area contributed by atoms with Gasteiger partial charge in [-0.2, -0.15) is 0 Å². The highest BCUT2D eigenvalue weighted by Gasteiger charge is 2.24. The molecule has 74 valence electrons. The number of imide groups is 1. The number of alkyl halides is 1. The molecule has 0 aromatic heterocycles. The molecule has 1 saturated heterocycles. The number of carbonyl (C=O) groups excluding carboxylic acids is 2. The monoisotopic (exact) mass is 204 g/mol. The van der Waals surface area contributed by atoms with E-state index in [2.05, 4.69) is 5.32 Å². The SMILES string of the molecule is O=C(CCCCCl)N1CCNC1=O. The minimum Gasteiger partial charge on any atom is -0.336 e. The average Bonchev–Trinajstić information content (AvgIpc) is 2.52. The largest absolute Gasteiger partial charge is 0.336 e. The fourth-order valence-electron chi connectivity index (χ4n) is 1.22. The Morgan fingerprint density at radius 2 is 2.31 bits per heavy atom. The number of hydrogen-bond donors (Lipinski definition) is 1. The molecule has 0 saturated carbocycles. The fraction of sp³-hybridized carbons (Fsp3) is 0.750. The van der Waals surface area contributed by atoms with Crippen LogP contribution in [0.15, 0.2) is 0 Å². The zero-order valence-corrected chi connectivity index (χ0v) is 8.14. The molecular weight excluding hydrogens is 192 g/mol. The molecule has 1 N–H and O–H groups in total. The molecule has 1 aliphatic rings. The van der Waals surface area contributed by atoms with Crippen LogP contribution in [0.5, 0.6) is 0 Å². The quantitative estimate of drug-likeness (QED) is 0.548. The maximum atomic E-state index is 11.4. The first-order valence-electron chi connectivity index (χ1n) is 4.40. The molecule has 0 aromatic carbocycles. The number of rotatable bonds is 4. The number of halogens is 1. The van der Waals surface area contributed by atoms with Gasteiger partial charge >= 0.3 is 6.03 Å². The van der Waals surface area contributed by atoms with Gasteiger partial charge in [-0.15, -0.1) is 11.6 Å². The van der Waals surface area contributed by atoms with Crippen LogP contribution in [0.3, 0.4) is 0 Å². The third kappa shape index (κ3) is 2.88. The standard InChI is InChI=1S/C8H13ClN2O2/c9-4-2-1-3-7(12)11-6-5-10-8(11)13/h1-6H2,(H,10,13). The molecule has 5 heteroatoms. The van der Waals surface area contributed by atoms with Gasteiger partial charge in [-0.1, -0.05) is 0 Å². The van der Waals surface area contributed by atoms with E-state index in [0.717, 1.165) is 12.8 Å². The summed E-state index contributed by atoms with van der Waals surface area (Å²) < 4.78 is 0. The second-order valence-electron chi connectivity index (χ2n) is 2.92. The zero-order chi connectivity index (χ0) is 9.68. The third-order valence-electron chi connectivity index (χ3n) is 1.93. The Kier molecular flexibility index (Phi) is 4.02. The third-order valence-corrected chi connectivity index (χ3v) is 2.20. The number of carbonyl (C=O) groups is 2. The van der Waals surface area contributed by atoms with Gasteiger partial charge in [0.15, 0.2) is 0 Å². The summed E-state index contributed by atoms with van der Waals surface area (Å²) in [5, 5.41) is 2.58. The van der Waals surface area contributed by atoms with E-state index in [1.807, 2.05) is 0 Å². The van der Waals surface area contributed by atoms with E-state index < -0.39 is 0 Å². The van der Waals surface area contributed by atoms with Crippen molar-refractivity contribution < 1.29 is 9.59 Å². The molecule has 3 amide bonds. The molecule has 4 nitrogen and oxygen atoms in total. The number of nitrogens with zero attached hydrogens (tertiary/aromatic N) is 1. The van der Waals surface area contributed by atoms with E-state index in [-0.39, 0.29) is 11.9 Å². The molecule has 1 rings (SSSR count). The van der Waals surface area contributed by atoms with E-state index in [1.54, 1.807) is 0 Å². The van der Waals surface area contributed by atoms with Crippen molar-refractivity contribution in [1.82, 2.24) is 10.2 Å². The van der Waals surface area contributed by atoms with Crippen LogP contribution < -0.4 is 5.32 Å². The summed E-state index contributed by atoms with van der Waals surface area (Å²) in [6.07, 6.45) is 2.00. The van der Waals surface area contributed by atoms with Crippen LogP contribution in [0.4, 0.5) is 4.79 Å². The van der Waals surface area contributed by atoms with Crippen molar-refractivity contribution in [2.75, 3.05) is 19.0 Å². The molecule has 0 aliphatic carbocycles. The van der Waals surface area contributed by atoms with Gasteiger partial charge in [0.05, 0.1) is 0 Å². The van der Waals surface area contributed by atoms with E-state index >= 15 is 0 Å². The number of unbranched alkanes of at least 4 members (excludes halogenated alkanes) is 1. The van der Waals surface area contributed by atoms with Crippen molar-refractivity contribution in [2.24, 2.45) is 0 Å². The van der Waals surface area contributed by atoms with Crippen LogP contribution in [0.1, 0.15) is 19.3 Å². The highest BCUT2D eigenvalue weighted by molar-refractivity contribution is 6.17. The smallest absolute Gasteiger partial charge is 0.324 e. The van der Waals surface area contributed by atoms with E-state index in [4.69, 9.17) is 11.6 Å². The maximum absolute atomic E-state index is 11.4. The van der Waals surface area contributed by atoms with Crippen LogP contribution in [0.2, 0.25) is 0 Å². The second kappa shape index (κ2) is 5.07. The average molecular weight is 205 g/mol. The molecule has 1 heterocycles. The van der Waals surface area contributed by atoms with Crippen molar-refractivity contribution >= 4 is 23.5 Å². The van der Waals surface area contributed by atoms with Gasteiger partial charge in [0.1, 0.15) is 0 Å². The Balaban J connectivity index is 2.26. The summed E-state index contributed by atoms with van der Waals surface area (Å²) in [7, 11) is 0. The van der Waals surface area contributed by atoms with Gasteiger partial charge in [0.25, 0.3) is 0 Å². The first-order valence-corrected chi connectivity index (χ1v) is 4.93. The Hall–Kier alpha value is -0.770. The molecule has 13 heavy (non-hydrogen) atoms. The summed E-state index contributed by atoms with van der Waals surface area (Å²) >= 11 is 5.47. The lowest BCUT2D eigenvalue weighted by Crippen LogP contribution is -2.33. The Labute approximate surface area is 82.2 Å². The molecule has 0 atom stereocenters. The number of hydrogen-bond acceptors (Lipinski definition) is 2. The van der Waals surface area contributed by atoms with Crippen LogP contribution in [-0.4, -0.2) is 35.8 Å². The van der Waals surface area contributed by atoms with Gasteiger partial charge in [0.2, 0.25) is 5.91 Å². The molecule has 0 bridgehead atoms. The summed E-state index contributed by atoms with van der Waals surface area (Å²) in [6, 6.07) is -0.268. The van der Waals surface area contributed by atoms with E-state index in [9.17, 15) is 9.59 Å². The molecule has 0 radical (unpaired) electrons. The minimum atomic E-state index is -0.268. The van der Waals surface area contributed by atoms with Crippen LogP contribution in [0, 0.1) is 0 Å². The molecule has 0 unspecified atom stereocenters. The number of nitrogens with one attached hydrogen (secondary N) is 1. The molecular formula is C8H13ClN2O2. The van der Waals surface area contributed by atoms with Gasteiger partial charge in [0, 0.05) is 25.4 Å². The minimum absolute atomic E-state index is 0.0971.